The molecule has 0 aliphatic heterocycles. The standard InChI is InChI=1S/C48H30S/c1-2-18-37-31(12-1)13-11-24-38(37)34-15-10-17-36(29-34)48-42-22-5-3-20-40(42)47(41-21-4-6-23-43(41)48)35-16-9-14-32(28-35)33-26-27-46-44(30-33)39-19-7-8-25-45(39)49-46/h1-30H. The van der Waals surface area contributed by atoms with Gasteiger partial charge in [-0.1, -0.05) is 152 Å². The summed E-state index contributed by atoms with van der Waals surface area (Å²) in [5.41, 5.74) is 9.99. The molecule has 0 fully saturated rings. The molecule has 0 spiro atoms. The molecule has 1 heteroatoms. The summed E-state index contributed by atoms with van der Waals surface area (Å²) in [5, 5.41) is 10.3. The Morgan fingerprint density at radius 1 is 0.265 bits per heavy atom. The lowest BCUT2D eigenvalue weighted by atomic mass is 9.85. The summed E-state index contributed by atoms with van der Waals surface area (Å²) >= 11 is 1.87. The number of benzene rings is 9. The molecule has 10 rings (SSSR count). The van der Waals surface area contributed by atoms with Crippen molar-refractivity contribution in [1.82, 2.24) is 0 Å². The Morgan fingerprint density at radius 3 is 1.43 bits per heavy atom. The molecular weight excluding hydrogens is 609 g/mol. The number of thiophene rings is 1. The monoisotopic (exact) mass is 638 g/mol. The van der Waals surface area contributed by atoms with Crippen molar-refractivity contribution in [1.29, 1.82) is 0 Å². The van der Waals surface area contributed by atoms with Crippen LogP contribution in [0.25, 0.3) is 97.0 Å². The van der Waals surface area contributed by atoms with Crippen LogP contribution < -0.4 is 0 Å². The van der Waals surface area contributed by atoms with Gasteiger partial charge in [0.25, 0.3) is 0 Å². The molecule has 1 heterocycles. The zero-order valence-corrected chi connectivity index (χ0v) is 27.5. The van der Waals surface area contributed by atoms with Gasteiger partial charge in [-0.05, 0) is 107 Å². The van der Waals surface area contributed by atoms with Crippen LogP contribution in [0.4, 0.5) is 0 Å². The Hall–Kier alpha value is -6.02. The molecule has 0 aliphatic carbocycles. The van der Waals surface area contributed by atoms with Crippen LogP contribution in [-0.4, -0.2) is 0 Å². The summed E-state index contributed by atoms with van der Waals surface area (Å²) in [6.45, 7) is 0. The van der Waals surface area contributed by atoms with Crippen LogP contribution in [-0.2, 0) is 0 Å². The Bertz CT molecular complexity index is 2830. The maximum Gasteiger partial charge on any atom is 0.0355 e. The normalized spacial score (nSPS) is 11.7. The third-order valence-electron chi connectivity index (χ3n) is 10.0. The van der Waals surface area contributed by atoms with Crippen LogP contribution >= 0.6 is 11.3 Å². The maximum absolute atomic E-state index is 2.38. The summed E-state index contributed by atoms with van der Waals surface area (Å²) in [7, 11) is 0. The van der Waals surface area contributed by atoms with E-state index >= 15 is 0 Å². The first-order valence-electron chi connectivity index (χ1n) is 16.8. The minimum absolute atomic E-state index is 1.23. The van der Waals surface area contributed by atoms with E-state index in [1.54, 1.807) is 0 Å². The van der Waals surface area contributed by atoms with E-state index in [9.17, 15) is 0 Å². The fourth-order valence-corrected chi connectivity index (χ4v) is 8.92. The highest BCUT2D eigenvalue weighted by Crippen LogP contribution is 2.45. The van der Waals surface area contributed by atoms with Gasteiger partial charge in [-0.3, -0.25) is 0 Å². The average molecular weight is 639 g/mol. The molecule has 0 aliphatic rings. The third kappa shape index (κ3) is 4.58. The van der Waals surface area contributed by atoms with Crippen LogP contribution in [0.3, 0.4) is 0 Å². The molecule has 10 aromatic rings. The first kappa shape index (κ1) is 28.0. The van der Waals surface area contributed by atoms with Crippen LogP contribution in [0.1, 0.15) is 0 Å². The molecule has 0 unspecified atom stereocenters. The Balaban J connectivity index is 1.17. The summed E-state index contributed by atoms with van der Waals surface area (Å²) in [6.07, 6.45) is 0. The summed E-state index contributed by atoms with van der Waals surface area (Å²) < 4.78 is 2.67. The molecule has 1 aromatic heterocycles. The summed E-state index contributed by atoms with van der Waals surface area (Å²) in [4.78, 5) is 0. The second kappa shape index (κ2) is 11.3. The number of fused-ring (bicyclic) bond motifs is 6. The summed E-state index contributed by atoms with van der Waals surface area (Å²) in [6, 6.07) is 67.0. The largest absolute Gasteiger partial charge is 0.135 e. The second-order valence-corrected chi connectivity index (χ2v) is 13.9. The maximum atomic E-state index is 2.38. The molecule has 0 radical (unpaired) electrons. The van der Waals surface area contributed by atoms with Gasteiger partial charge in [0.2, 0.25) is 0 Å². The highest BCUT2D eigenvalue weighted by Gasteiger charge is 2.18. The van der Waals surface area contributed by atoms with Crippen LogP contribution in [0.15, 0.2) is 182 Å². The molecule has 0 N–H and O–H groups in total. The fourth-order valence-electron chi connectivity index (χ4n) is 7.83. The van der Waals surface area contributed by atoms with Crippen molar-refractivity contribution in [2.75, 3.05) is 0 Å². The van der Waals surface area contributed by atoms with Crippen molar-refractivity contribution in [2.45, 2.75) is 0 Å². The van der Waals surface area contributed by atoms with E-state index in [1.807, 2.05) is 11.3 Å². The van der Waals surface area contributed by atoms with Gasteiger partial charge in [0.15, 0.2) is 0 Å². The highest BCUT2D eigenvalue weighted by molar-refractivity contribution is 7.25. The van der Waals surface area contributed by atoms with Crippen molar-refractivity contribution >= 4 is 63.8 Å². The Morgan fingerprint density at radius 2 is 0.735 bits per heavy atom. The SMILES string of the molecule is c1cc(-c2ccc3sc4ccccc4c3c2)cc(-c2c3ccccc3c(-c3cccc(-c4cccc5ccccc45)c3)c3ccccc23)c1. The van der Waals surface area contributed by atoms with E-state index < -0.39 is 0 Å². The van der Waals surface area contributed by atoms with Crippen LogP contribution in [0, 0.1) is 0 Å². The summed E-state index contributed by atoms with van der Waals surface area (Å²) in [5.74, 6) is 0. The lowest BCUT2D eigenvalue weighted by Crippen LogP contribution is -1.91. The van der Waals surface area contributed by atoms with Crippen molar-refractivity contribution in [3.05, 3.63) is 182 Å². The highest BCUT2D eigenvalue weighted by atomic mass is 32.1. The van der Waals surface area contributed by atoms with Gasteiger partial charge in [-0.15, -0.1) is 11.3 Å². The van der Waals surface area contributed by atoms with Gasteiger partial charge in [-0.25, -0.2) is 0 Å². The van der Waals surface area contributed by atoms with E-state index in [2.05, 4.69) is 182 Å². The lowest BCUT2D eigenvalue weighted by molar-refractivity contribution is 1.62. The van der Waals surface area contributed by atoms with Crippen molar-refractivity contribution in [3.63, 3.8) is 0 Å². The zero-order valence-electron chi connectivity index (χ0n) is 26.7. The molecule has 0 bridgehead atoms. The molecular formula is C48H30S. The molecule has 0 saturated carbocycles. The molecule has 0 atom stereocenters. The van der Waals surface area contributed by atoms with Gasteiger partial charge < -0.3 is 0 Å². The van der Waals surface area contributed by atoms with E-state index in [0.29, 0.717) is 0 Å². The Kier molecular flexibility index (Phi) is 6.47. The quantitative estimate of drug-likeness (QED) is 0.168. The number of hydrogen-bond donors (Lipinski definition) is 0. The van der Waals surface area contributed by atoms with E-state index in [-0.39, 0.29) is 0 Å². The van der Waals surface area contributed by atoms with Gasteiger partial charge in [0, 0.05) is 20.2 Å². The molecule has 0 saturated heterocycles. The molecule has 49 heavy (non-hydrogen) atoms. The second-order valence-electron chi connectivity index (χ2n) is 12.8. The molecule has 0 nitrogen and oxygen atoms in total. The molecule has 228 valence electrons. The molecule has 0 amide bonds. The first-order chi connectivity index (χ1) is 24.3. The van der Waals surface area contributed by atoms with E-state index in [1.165, 1.54) is 97.0 Å². The van der Waals surface area contributed by atoms with Crippen molar-refractivity contribution in [2.24, 2.45) is 0 Å². The van der Waals surface area contributed by atoms with Crippen LogP contribution in [0.2, 0.25) is 0 Å². The van der Waals surface area contributed by atoms with E-state index in [4.69, 9.17) is 0 Å². The molecule has 9 aromatic carbocycles. The topological polar surface area (TPSA) is 0 Å². The third-order valence-corrected chi connectivity index (χ3v) is 11.2. The van der Waals surface area contributed by atoms with E-state index in [0.717, 1.165) is 0 Å². The fraction of sp³-hybridized carbons (Fsp3) is 0. The zero-order chi connectivity index (χ0) is 32.3. The number of hydrogen-bond acceptors (Lipinski definition) is 1. The Labute approximate surface area is 289 Å². The minimum atomic E-state index is 1.23. The van der Waals surface area contributed by atoms with Gasteiger partial charge in [-0.2, -0.15) is 0 Å². The minimum Gasteiger partial charge on any atom is -0.135 e. The van der Waals surface area contributed by atoms with Crippen molar-refractivity contribution in [3.8, 4) is 44.5 Å². The smallest absolute Gasteiger partial charge is 0.0355 e. The van der Waals surface area contributed by atoms with Gasteiger partial charge in [0.1, 0.15) is 0 Å². The predicted molar refractivity (Wildman–Crippen MR) is 214 cm³/mol. The van der Waals surface area contributed by atoms with Gasteiger partial charge >= 0.3 is 0 Å². The van der Waals surface area contributed by atoms with Gasteiger partial charge in [0.05, 0.1) is 0 Å². The first-order valence-corrected chi connectivity index (χ1v) is 17.7. The van der Waals surface area contributed by atoms with Crippen LogP contribution in [0.5, 0.6) is 0 Å². The average Bonchev–Trinajstić information content (AvgIpc) is 3.55. The number of rotatable bonds is 4. The van der Waals surface area contributed by atoms with Crippen molar-refractivity contribution < 1.29 is 0 Å². The lowest BCUT2D eigenvalue weighted by Gasteiger charge is -2.19. The predicted octanol–water partition coefficient (Wildman–Crippen LogP) is 14.2.